The second-order valence-electron chi connectivity index (χ2n) is 5.74. The van der Waals surface area contributed by atoms with Crippen LogP contribution in [0.1, 0.15) is 39.5 Å². The Bertz CT molecular complexity index is 282. The zero-order valence-electron chi connectivity index (χ0n) is 9.16. The van der Waals surface area contributed by atoms with Crippen molar-refractivity contribution in [3.8, 4) is 6.07 Å². The summed E-state index contributed by atoms with van der Waals surface area (Å²) in [5, 5.41) is 8.74. The Morgan fingerprint density at radius 2 is 2.14 bits per heavy atom. The Balaban J connectivity index is 1.93. The van der Waals surface area contributed by atoms with Gasteiger partial charge in [-0.2, -0.15) is 5.26 Å². The third kappa shape index (κ3) is 1.85. The van der Waals surface area contributed by atoms with E-state index in [0.29, 0.717) is 6.42 Å². The van der Waals surface area contributed by atoms with Crippen LogP contribution in [0.2, 0.25) is 0 Å². The van der Waals surface area contributed by atoms with E-state index in [2.05, 4.69) is 32.1 Å². The molecule has 0 aromatic carbocycles. The van der Waals surface area contributed by atoms with Gasteiger partial charge in [-0.25, -0.2) is 0 Å². The molecule has 0 heterocycles. The quantitative estimate of drug-likeness (QED) is 0.623. The van der Waals surface area contributed by atoms with Crippen molar-refractivity contribution in [3.63, 3.8) is 0 Å². The van der Waals surface area contributed by atoms with Gasteiger partial charge in [-0.05, 0) is 42.4 Å². The Labute approximate surface area is 86.8 Å². The van der Waals surface area contributed by atoms with Crippen molar-refractivity contribution in [1.82, 2.24) is 0 Å². The van der Waals surface area contributed by atoms with Crippen LogP contribution in [-0.2, 0) is 0 Å². The van der Waals surface area contributed by atoms with E-state index in [1.807, 2.05) is 0 Å². The van der Waals surface area contributed by atoms with Gasteiger partial charge in [-0.1, -0.05) is 26.0 Å². The van der Waals surface area contributed by atoms with Crippen LogP contribution in [-0.4, -0.2) is 0 Å². The smallest absolute Gasteiger partial charge is 0.0627 e. The van der Waals surface area contributed by atoms with Crippen molar-refractivity contribution >= 4 is 0 Å². The average molecular weight is 189 g/mol. The van der Waals surface area contributed by atoms with Gasteiger partial charge in [0.05, 0.1) is 6.07 Å². The third-order valence-electron chi connectivity index (χ3n) is 3.79. The lowest BCUT2D eigenvalue weighted by atomic mass is 9.76. The normalized spacial score (nSPS) is 34.8. The van der Waals surface area contributed by atoms with Crippen molar-refractivity contribution in [2.24, 2.45) is 23.2 Å². The standard InChI is InChI=1S/C13H19N/c1-13(2,5-6-14)9-12-8-10-3-4-11(12)7-10/h3-4,10-12H,5,7-9H2,1-2H3. The van der Waals surface area contributed by atoms with Gasteiger partial charge in [0.2, 0.25) is 0 Å². The van der Waals surface area contributed by atoms with Gasteiger partial charge in [-0.3, -0.25) is 0 Å². The molecule has 1 fully saturated rings. The summed E-state index contributed by atoms with van der Waals surface area (Å²) < 4.78 is 0. The fourth-order valence-electron chi connectivity index (χ4n) is 3.13. The first-order valence-corrected chi connectivity index (χ1v) is 5.66. The maximum absolute atomic E-state index is 8.74. The zero-order chi connectivity index (χ0) is 10.2. The first-order valence-electron chi connectivity index (χ1n) is 5.66. The maximum atomic E-state index is 8.74. The van der Waals surface area contributed by atoms with E-state index >= 15 is 0 Å². The minimum atomic E-state index is 0.220. The molecule has 0 spiro atoms. The molecule has 0 N–H and O–H groups in total. The molecule has 2 bridgehead atoms. The number of rotatable bonds is 3. The summed E-state index contributed by atoms with van der Waals surface area (Å²) in [4.78, 5) is 0. The summed E-state index contributed by atoms with van der Waals surface area (Å²) in [5.41, 5.74) is 0.220. The van der Waals surface area contributed by atoms with Gasteiger partial charge in [0.15, 0.2) is 0 Å². The van der Waals surface area contributed by atoms with E-state index in [0.717, 1.165) is 17.8 Å². The van der Waals surface area contributed by atoms with E-state index < -0.39 is 0 Å². The molecule has 0 saturated heterocycles. The SMILES string of the molecule is CC(C)(CC#N)CC1CC2C=CC1C2. The third-order valence-corrected chi connectivity index (χ3v) is 3.79. The molecule has 3 atom stereocenters. The monoisotopic (exact) mass is 189 g/mol. The highest BCUT2D eigenvalue weighted by atomic mass is 14.4. The summed E-state index contributed by atoms with van der Waals surface area (Å²) >= 11 is 0. The first-order chi connectivity index (χ1) is 6.61. The molecule has 2 aliphatic carbocycles. The second-order valence-corrected chi connectivity index (χ2v) is 5.74. The van der Waals surface area contributed by atoms with Gasteiger partial charge in [-0.15, -0.1) is 0 Å². The highest BCUT2D eigenvalue weighted by Crippen LogP contribution is 2.48. The molecule has 14 heavy (non-hydrogen) atoms. The van der Waals surface area contributed by atoms with Crippen LogP contribution < -0.4 is 0 Å². The molecule has 0 aromatic rings. The zero-order valence-corrected chi connectivity index (χ0v) is 9.16. The molecule has 2 aliphatic rings. The minimum Gasteiger partial charge on any atom is -0.198 e. The molecule has 3 unspecified atom stereocenters. The molecule has 1 heteroatoms. The highest BCUT2D eigenvalue weighted by molar-refractivity contribution is 5.10. The molecule has 0 aromatic heterocycles. The van der Waals surface area contributed by atoms with Crippen LogP contribution in [0.4, 0.5) is 0 Å². The van der Waals surface area contributed by atoms with Crippen LogP contribution in [0.25, 0.3) is 0 Å². The minimum absolute atomic E-state index is 0.220. The van der Waals surface area contributed by atoms with E-state index in [1.54, 1.807) is 0 Å². The summed E-state index contributed by atoms with van der Waals surface area (Å²) in [6, 6.07) is 2.31. The predicted molar refractivity (Wildman–Crippen MR) is 57.5 cm³/mol. The van der Waals surface area contributed by atoms with Crippen LogP contribution in [0, 0.1) is 34.5 Å². The van der Waals surface area contributed by atoms with Crippen molar-refractivity contribution < 1.29 is 0 Å². The molecular formula is C13H19N. The van der Waals surface area contributed by atoms with Gasteiger partial charge in [0.25, 0.3) is 0 Å². The van der Waals surface area contributed by atoms with Crippen LogP contribution >= 0.6 is 0 Å². The molecule has 2 rings (SSSR count). The Hall–Kier alpha value is -0.770. The van der Waals surface area contributed by atoms with Crippen molar-refractivity contribution in [2.75, 3.05) is 0 Å². The fourth-order valence-corrected chi connectivity index (χ4v) is 3.13. The number of hydrogen-bond acceptors (Lipinski definition) is 1. The topological polar surface area (TPSA) is 23.8 Å². The number of fused-ring (bicyclic) bond motifs is 2. The van der Waals surface area contributed by atoms with E-state index in [4.69, 9.17) is 5.26 Å². The van der Waals surface area contributed by atoms with Crippen LogP contribution in [0.5, 0.6) is 0 Å². The average Bonchev–Trinajstić information content (AvgIpc) is 2.63. The van der Waals surface area contributed by atoms with E-state index in [1.165, 1.54) is 19.3 Å². The number of nitrogens with zero attached hydrogens (tertiary/aromatic N) is 1. The van der Waals surface area contributed by atoms with E-state index in [-0.39, 0.29) is 5.41 Å². The number of nitriles is 1. The number of allylic oxidation sites excluding steroid dienone is 2. The Kier molecular flexibility index (Phi) is 2.39. The lowest BCUT2D eigenvalue weighted by Gasteiger charge is -2.28. The Morgan fingerprint density at radius 3 is 2.64 bits per heavy atom. The lowest BCUT2D eigenvalue weighted by Crippen LogP contribution is -2.19. The lowest BCUT2D eigenvalue weighted by molar-refractivity contribution is 0.247. The van der Waals surface area contributed by atoms with Crippen LogP contribution in [0.15, 0.2) is 12.2 Å². The van der Waals surface area contributed by atoms with E-state index in [9.17, 15) is 0 Å². The molecule has 0 radical (unpaired) electrons. The van der Waals surface area contributed by atoms with Gasteiger partial charge in [0, 0.05) is 6.42 Å². The first kappa shape index (κ1) is 9.77. The van der Waals surface area contributed by atoms with Gasteiger partial charge >= 0.3 is 0 Å². The predicted octanol–water partition coefficient (Wildman–Crippen LogP) is 3.53. The summed E-state index contributed by atoms with van der Waals surface area (Å²) in [7, 11) is 0. The highest BCUT2D eigenvalue weighted by Gasteiger charge is 2.38. The summed E-state index contributed by atoms with van der Waals surface area (Å²) in [6.07, 6.45) is 9.47. The summed E-state index contributed by atoms with van der Waals surface area (Å²) in [5.74, 6) is 2.55. The molecule has 76 valence electrons. The van der Waals surface area contributed by atoms with Crippen molar-refractivity contribution in [1.29, 1.82) is 5.26 Å². The Morgan fingerprint density at radius 1 is 1.36 bits per heavy atom. The van der Waals surface area contributed by atoms with Crippen molar-refractivity contribution in [2.45, 2.75) is 39.5 Å². The molecule has 0 aliphatic heterocycles. The van der Waals surface area contributed by atoms with Crippen molar-refractivity contribution in [3.05, 3.63) is 12.2 Å². The molecule has 1 saturated carbocycles. The van der Waals surface area contributed by atoms with Gasteiger partial charge in [0.1, 0.15) is 0 Å². The summed E-state index contributed by atoms with van der Waals surface area (Å²) in [6.45, 7) is 4.46. The second kappa shape index (κ2) is 3.42. The molecule has 1 nitrogen and oxygen atoms in total. The van der Waals surface area contributed by atoms with Gasteiger partial charge < -0.3 is 0 Å². The van der Waals surface area contributed by atoms with Crippen LogP contribution in [0.3, 0.4) is 0 Å². The largest absolute Gasteiger partial charge is 0.198 e. The molecular weight excluding hydrogens is 170 g/mol. The number of hydrogen-bond donors (Lipinski definition) is 0. The molecule has 0 amide bonds. The fraction of sp³-hybridized carbons (Fsp3) is 0.769. The maximum Gasteiger partial charge on any atom is 0.0627 e.